The van der Waals surface area contributed by atoms with Crippen LogP contribution in [0.1, 0.15) is 122 Å². The molecule has 0 aromatic heterocycles. The Kier molecular flexibility index (Phi) is 30.3. The summed E-state index contributed by atoms with van der Waals surface area (Å²) in [6, 6.07) is 11.4. The molecule has 9 unspecified atom stereocenters. The zero-order valence-corrected chi connectivity index (χ0v) is 71.2. The Balaban J connectivity index is 1.03. The number of carbonyl (C=O) groups is 8. The quantitative estimate of drug-likeness (QED) is 0.0378. The first-order valence-electron chi connectivity index (χ1n) is 39.9. The Morgan fingerprint density at radius 3 is 2.05 bits per heavy atom. The SMILES string of the molecule is CN[C@H](CC(C)C)C(=O)N[C@H]1C(=O)N[C@@H](CC(N)=O)C(=O)N[C@H]2C(=O)N[C@H]3C(=O)N[C@H](C(=O)N[C@@H](C(=O)NCCOCCO)c4cc(O)cc(O)c4-c4cc3ccc4O)[C@H](O)c3ccc(c(Cl)c3)Oc3cc2cc(c3OC2OC(CN)C(O)C(O)C2OC2CC(C)(NCc3ccc(OCc4ccc(Cl)c(Cl)c4)cc3)C(O)C(C)O2)Oc2c(C)cc(cc2Cl)[C@H]1O. The van der Waals surface area contributed by atoms with Crippen molar-refractivity contribution in [3.05, 3.63) is 180 Å². The largest absolute Gasteiger partial charge is 0.508 e. The van der Waals surface area contributed by atoms with E-state index in [1.807, 2.05) is 26.0 Å². The van der Waals surface area contributed by atoms with Gasteiger partial charge in [0.2, 0.25) is 59.3 Å². The molecule has 0 radical (unpaired) electrons. The summed E-state index contributed by atoms with van der Waals surface area (Å²) in [5.74, 6) is -14.2. The monoisotopic (exact) mass is 1810 g/mol. The van der Waals surface area contributed by atoms with Crippen molar-refractivity contribution in [3.63, 3.8) is 0 Å². The maximum Gasteiger partial charge on any atom is 0.248 e. The van der Waals surface area contributed by atoms with E-state index in [2.05, 4.69) is 47.9 Å². The minimum absolute atomic E-state index is 0.0547. The number of ether oxygens (including phenoxy) is 8. The molecule has 7 aliphatic rings. The Labute approximate surface area is 736 Å². The molecule has 7 heterocycles. The van der Waals surface area contributed by atoms with E-state index in [-0.39, 0.29) is 97.1 Å². The third-order valence-electron chi connectivity index (χ3n) is 21.9. The van der Waals surface area contributed by atoms with Gasteiger partial charge in [-0.25, -0.2) is 0 Å². The number of nitrogens with two attached hydrogens (primary N) is 2. The molecule has 0 spiro atoms. The number of amides is 8. The summed E-state index contributed by atoms with van der Waals surface area (Å²) < 4.78 is 51.5. The van der Waals surface area contributed by atoms with Crippen LogP contribution in [0.15, 0.2) is 115 Å². The van der Waals surface area contributed by atoms with Crippen LogP contribution in [0.2, 0.25) is 20.1 Å². The number of aliphatic hydroxyl groups excluding tert-OH is 6. The van der Waals surface area contributed by atoms with Gasteiger partial charge in [-0.2, -0.15) is 0 Å². The summed E-state index contributed by atoms with van der Waals surface area (Å²) in [6.45, 7) is 7.29. The zero-order valence-electron chi connectivity index (χ0n) is 68.2. The smallest absolute Gasteiger partial charge is 0.248 e. The number of phenolic OH excluding ortho intramolecular Hbond substituents is 3. The topological polar surface area (TPSA) is 553 Å². The molecule has 2 fully saturated rings. The molecule has 11 bridgehead atoms. The molecule has 8 amide bonds. The van der Waals surface area contributed by atoms with Crippen LogP contribution < -0.4 is 78.3 Å². The highest BCUT2D eigenvalue weighted by atomic mass is 35.5. The van der Waals surface area contributed by atoms with Gasteiger partial charge in [0.05, 0.1) is 64.6 Å². The molecule has 2 saturated heterocycles. The number of aliphatic hydroxyl groups is 6. The second-order valence-corrected chi connectivity index (χ2v) is 33.1. The Morgan fingerprint density at radius 2 is 1.37 bits per heavy atom. The maximum atomic E-state index is 16.4. The Hall–Kier alpha value is -10.5. The van der Waals surface area contributed by atoms with Gasteiger partial charge in [0, 0.05) is 48.8 Å². The standard InChI is InChI=1S/C85H97Cl4N11O25/c1-36(2)21-53(92-6)77(111)99-68-70(107)44-22-37(3)73(52(89)26-44)122-59-28-43-27-58(74(59)125-84-75(72(109)71(108)60(33-90)123-84)124-62-32-85(5,76(110)38(4)120-62)94-34-39-7-12-46(13-8-39)119-35-40-9-14-49(86)50(87)23-40)121-57-16-11-42(25-51(57)88)69(106)67-83(117)98-66(79(113)93-17-19-118-20-18-101)48-29-45(102)30-56(104)63(48)47-24-41(10-15-55(47)103)64(80(114)100-67)97-81(115)65(43)96-78(112)54(31-61(91)105)95-82(68)116/h7-16,22-30,36,38,53-54,60,62,64-72,75-76,84,92,94,101-104,106-110H,17-21,31-35,90H2,1-6H3,(H2,91,105)(H,93,113)(H,95,116)(H,96,112)(H,97,115)(H,98,117)(H,99,111)(H,100,114)/t38?,53-,54+,60?,62?,64-,65-,66-,67+,68-,69-,70-,71?,72?,75?,76?,84?,85?/m1/s1. The summed E-state index contributed by atoms with van der Waals surface area (Å²) in [5.41, 5.74) is 10.0. The number of benzene rings is 7. The van der Waals surface area contributed by atoms with E-state index in [9.17, 15) is 60.3 Å². The number of aromatic hydroxyl groups is 3. The van der Waals surface area contributed by atoms with Gasteiger partial charge in [0.15, 0.2) is 23.9 Å². The predicted octanol–water partition coefficient (Wildman–Crippen LogP) is 4.14. The lowest BCUT2D eigenvalue weighted by Gasteiger charge is -2.48. The van der Waals surface area contributed by atoms with Gasteiger partial charge >= 0.3 is 0 Å². The number of rotatable bonds is 24. The van der Waals surface area contributed by atoms with Crippen LogP contribution in [0, 0.1) is 12.8 Å². The van der Waals surface area contributed by atoms with Crippen molar-refractivity contribution in [2.75, 3.05) is 40.0 Å². The van der Waals surface area contributed by atoms with Gasteiger partial charge in [-0.05, 0) is 164 Å². The molecule has 0 aliphatic carbocycles. The van der Waals surface area contributed by atoms with Gasteiger partial charge in [-0.1, -0.05) is 90.6 Å². The number of halogens is 4. The summed E-state index contributed by atoms with van der Waals surface area (Å²) in [7, 11) is 1.48. The fourth-order valence-corrected chi connectivity index (χ4v) is 16.1. The van der Waals surface area contributed by atoms with Crippen molar-refractivity contribution >= 4 is 93.7 Å². The van der Waals surface area contributed by atoms with Crippen LogP contribution in [0.3, 0.4) is 0 Å². The molecule has 7 aliphatic heterocycles. The number of primary amides is 1. The van der Waals surface area contributed by atoms with Gasteiger partial charge in [-0.15, -0.1) is 0 Å². The zero-order chi connectivity index (χ0) is 90.3. The summed E-state index contributed by atoms with van der Waals surface area (Å²) in [4.78, 5) is 121. The van der Waals surface area contributed by atoms with E-state index in [1.54, 1.807) is 44.2 Å². The number of carbonyl (C=O) groups excluding carboxylic acids is 8. The minimum Gasteiger partial charge on any atom is -0.508 e. The van der Waals surface area contributed by atoms with E-state index in [0.717, 1.165) is 59.7 Å². The summed E-state index contributed by atoms with van der Waals surface area (Å²) in [6.07, 6.45) is -18.2. The summed E-state index contributed by atoms with van der Waals surface area (Å²) >= 11 is 26.9. The van der Waals surface area contributed by atoms with Gasteiger partial charge in [0.25, 0.3) is 0 Å². The molecule has 670 valence electrons. The lowest BCUT2D eigenvalue weighted by atomic mass is 9.84. The van der Waals surface area contributed by atoms with Crippen LogP contribution in [0.25, 0.3) is 11.1 Å². The molecule has 40 heteroatoms. The molecule has 125 heavy (non-hydrogen) atoms. The second-order valence-electron chi connectivity index (χ2n) is 31.5. The van der Waals surface area contributed by atoms with E-state index in [4.69, 9.17) is 95.8 Å². The Morgan fingerprint density at radius 1 is 0.680 bits per heavy atom. The molecule has 36 nitrogen and oxygen atoms in total. The van der Waals surface area contributed by atoms with Gasteiger partial charge in [-0.3, -0.25) is 38.4 Å². The van der Waals surface area contributed by atoms with Crippen LogP contribution in [0.4, 0.5) is 0 Å². The van der Waals surface area contributed by atoms with Crippen LogP contribution in [0.5, 0.6) is 51.7 Å². The number of nitrogens with one attached hydrogen (secondary N) is 9. The van der Waals surface area contributed by atoms with Crippen molar-refractivity contribution in [3.8, 4) is 62.9 Å². The lowest BCUT2D eigenvalue weighted by molar-refractivity contribution is -0.331. The van der Waals surface area contributed by atoms with Gasteiger partial charge in [0.1, 0.15) is 108 Å². The first kappa shape index (κ1) is 93.7. The highest BCUT2D eigenvalue weighted by Crippen LogP contribution is 2.51. The van der Waals surface area contributed by atoms with Crippen molar-refractivity contribution in [2.24, 2.45) is 17.4 Å². The fraction of sp³-hybridized carbons (Fsp3) is 0.412. The molecular weight excluding hydrogens is 1720 g/mol. The van der Waals surface area contributed by atoms with Crippen molar-refractivity contribution in [1.29, 1.82) is 0 Å². The number of hydrogen-bond acceptors (Lipinski definition) is 28. The lowest BCUT2D eigenvalue weighted by Crippen LogP contribution is -2.65. The predicted molar refractivity (Wildman–Crippen MR) is 449 cm³/mol. The average Bonchev–Trinajstić information content (AvgIpc) is 0.764. The molecule has 14 rings (SSSR count). The number of fused-ring (bicyclic) bond motifs is 15. The van der Waals surface area contributed by atoms with E-state index >= 15 is 24.0 Å². The molecule has 0 saturated carbocycles. The highest BCUT2D eigenvalue weighted by Gasteiger charge is 2.52. The number of likely N-dealkylation sites (N-methyl/N-ethyl adjacent to an activating group) is 1. The highest BCUT2D eigenvalue weighted by molar-refractivity contribution is 6.42. The van der Waals surface area contributed by atoms with Crippen LogP contribution in [-0.4, -0.2) is 212 Å². The molecule has 18 atom stereocenters. The second kappa shape index (κ2) is 40.5. The first-order valence-corrected chi connectivity index (χ1v) is 41.4. The first-order chi connectivity index (χ1) is 59.4. The van der Waals surface area contributed by atoms with Crippen LogP contribution >= 0.6 is 46.4 Å². The summed E-state index contributed by atoms with van der Waals surface area (Å²) in [5, 5.41) is 130. The molecule has 22 N–H and O–H groups in total. The van der Waals surface area contributed by atoms with Crippen LogP contribution in [-0.2, 0) is 70.5 Å². The maximum absolute atomic E-state index is 16.4. The van der Waals surface area contributed by atoms with E-state index in [1.165, 1.54) is 38.2 Å². The molecule has 7 aromatic rings. The van der Waals surface area contributed by atoms with Gasteiger partial charge < -0.3 is 143 Å². The van der Waals surface area contributed by atoms with Crippen molar-refractivity contribution in [1.82, 2.24) is 47.9 Å². The van der Waals surface area contributed by atoms with E-state index in [0.29, 0.717) is 15.8 Å². The van der Waals surface area contributed by atoms with E-state index < -0.39 is 231 Å². The normalized spacial score (nSPS) is 26.0. The molecule has 7 aromatic carbocycles. The number of phenols is 3. The average molecular weight is 1810 g/mol. The van der Waals surface area contributed by atoms with Crippen molar-refractivity contribution in [2.45, 2.75) is 176 Å². The fourth-order valence-electron chi connectivity index (χ4n) is 15.3. The third kappa shape index (κ3) is 21.6. The third-order valence-corrected chi connectivity index (χ3v) is 23.2. The minimum atomic E-state index is -2.36. The molecular formula is C85H97Cl4N11O25. The number of aryl methyl sites for hydroxylation is 1. The van der Waals surface area contributed by atoms with Crippen molar-refractivity contribution < 1.29 is 122 Å². The Bertz CT molecular complexity index is 5170. The number of hydrogen-bond donors (Lipinski definition) is 20.